The van der Waals surface area contributed by atoms with E-state index in [1.807, 2.05) is 6.07 Å². The number of nitro benzene ring substituents is 1. The number of hydrogen-bond acceptors (Lipinski definition) is 7. The second kappa shape index (κ2) is 8.57. The molecule has 31 heavy (non-hydrogen) atoms. The number of methoxy groups -OCH3 is 1. The number of anilines is 1. The fourth-order valence-corrected chi connectivity index (χ4v) is 4.01. The predicted octanol–water partition coefficient (Wildman–Crippen LogP) is 3.38. The number of non-ortho nitro benzene ring substituents is 1. The predicted molar refractivity (Wildman–Crippen MR) is 113 cm³/mol. The lowest BCUT2D eigenvalue weighted by Gasteiger charge is -2.47. The van der Waals surface area contributed by atoms with Gasteiger partial charge in [-0.2, -0.15) is 0 Å². The van der Waals surface area contributed by atoms with Gasteiger partial charge in [-0.15, -0.1) is 0 Å². The molecule has 1 heterocycles. The van der Waals surface area contributed by atoms with Crippen LogP contribution >= 0.6 is 0 Å². The van der Waals surface area contributed by atoms with Gasteiger partial charge in [0.15, 0.2) is 0 Å². The standard InChI is InChI=1S/C22H23N3O6/c1-4-22(21(27)28)19(15-9-8-12-17(13-15)25(29)30)18(20(26)31-3)14(2)24(23-22)16-10-6-5-7-11-16/h5-13,19,23H,4H2,1-3H3,(H,27,28). The molecule has 3 rings (SSSR count). The van der Waals surface area contributed by atoms with Crippen molar-refractivity contribution >= 4 is 23.3 Å². The van der Waals surface area contributed by atoms with Gasteiger partial charge in [0.05, 0.1) is 23.3 Å². The zero-order valence-electron chi connectivity index (χ0n) is 17.4. The van der Waals surface area contributed by atoms with Crippen molar-refractivity contribution in [2.45, 2.75) is 31.7 Å². The van der Waals surface area contributed by atoms with Gasteiger partial charge in [0, 0.05) is 23.7 Å². The van der Waals surface area contributed by atoms with E-state index in [1.165, 1.54) is 25.3 Å². The maximum atomic E-state index is 12.9. The van der Waals surface area contributed by atoms with Crippen LogP contribution in [0.4, 0.5) is 11.4 Å². The average Bonchev–Trinajstić information content (AvgIpc) is 2.78. The molecule has 0 spiro atoms. The quantitative estimate of drug-likeness (QED) is 0.410. The summed E-state index contributed by atoms with van der Waals surface area (Å²) in [5.74, 6) is -2.92. The average molecular weight is 425 g/mol. The first-order valence-electron chi connectivity index (χ1n) is 9.66. The number of nitrogens with zero attached hydrogens (tertiary/aromatic N) is 2. The van der Waals surface area contributed by atoms with E-state index >= 15 is 0 Å². The number of carbonyl (C=O) groups excluding carboxylic acids is 1. The first-order chi connectivity index (χ1) is 14.8. The summed E-state index contributed by atoms with van der Waals surface area (Å²) in [6.45, 7) is 3.36. The van der Waals surface area contributed by atoms with Crippen molar-refractivity contribution in [1.82, 2.24) is 5.43 Å². The third-order valence-corrected chi connectivity index (χ3v) is 5.59. The number of rotatable bonds is 6. The van der Waals surface area contributed by atoms with Crippen molar-refractivity contribution in [1.29, 1.82) is 0 Å². The molecule has 9 nitrogen and oxygen atoms in total. The highest BCUT2D eigenvalue weighted by atomic mass is 16.6. The Morgan fingerprint density at radius 1 is 1.23 bits per heavy atom. The van der Waals surface area contributed by atoms with Gasteiger partial charge in [-0.3, -0.25) is 19.9 Å². The molecule has 0 fully saturated rings. The second-order valence-corrected chi connectivity index (χ2v) is 7.19. The molecule has 0 amide bonds. The molecule has 2 unspecified atom stereocenters. The normalized spacial score (nSPS) is 21.0. The number of hydrogen-bond donors (Lipinski definition) is 2. The Morgan fingerprint density at radius 3 is 2.45 bits per heavy atom. The summed E-state index contributed by atoms with van der Waals surface area (Å²) in [5.41, 5.74) is 2.77. The molecule has 2 atom stereocenters. The third-order valence-electron chi connectivity index (χ3n) is 5.59. The Balaban J connectivity index is 2.34. The van der Waals surface area contributed by atoms with E-state index in [9.17, 15) is 24.8 Å². The molecule has 0 aromatic heterocycles. The molecule has 162 valence electrons. The number of carboxylic acids is 1. The van der Waals surface area contributed by atoms with Crippen molar-refractivity contribution in [3.63, 3.8) is 0 Å². The van der Waals surface area contributed by atoms with Crippen molar-refractivity contribution in [3.8, 4) is 0 Å². The van der Waals surface area contributed by atoms with Crippen LogP contribution in [-0.2, 0) is 14.3 Å². The van der Waals surface area contributed by atoms with E-state index in [2.05, 4.69) is 5.43 Å². The molecule has 2 aromatic rings. The van der Waals surface area contributed by atoms with Crippen molar-refractivity contribution in [2.24, 2.45) is 0 Å². The minimum absolute atomic E-state index is 0.0901. The van der Waals surface area contributed by atoms with Gasteiger partial charge in [0.1, 0.15) is 5.54 Å². The number of esters is 1. The minimum atomic E-state index is -1.66. The highest BCUT2D eigenvalue weighted by Crippen LogP contribution is 2.45. The van der Waals surface area contributed by atoms with Gasteiger partial charge in [-0.1, -0.05) is 37.3 Å². The maximum Gasteiger partial charge on any atom is 0.336 e. The smallest absolute Gasteiger partial charge is 0.336 e. The summed E-state index contributed by atoms with van der Waals surface area (Å²) in [5, 5.41) is 23.2. The number of aliphatic carboxylic acids is 1. The highest BCUT2D eigenvalue weighted by molar-refractivity contribution is 5.96. The molecule has 0 bridgehead atoms. The van der Waals surface area contributed by atoms with Crippen LogP contribution in [0.1, 0.15) is 31.7 Å². The molecule has 2 aromatic carbocycles. The summed E-state index contributed by atoms with van der Waals surface area (Å²) in [6.07, 6.45) is 0.0901. The Kier molecular flexibility index (Phi) is 6.07. The van der Waals surface area contributed by atoms with Crippen LogP contribution in [0.15, 0.2) is 65.9 Å². The van der Waals surface area contributed by atoms with Crippen molar-refractivity contribution in [2.75, 3.05) is 12.1 Å². The number of carbonyl (C=O) groups is 2. The molecular formula is C22H23N3O6. The SMILES string of the molecule is CCC1(C(=O)O)NN(c2ccccc2)C(C)=C(C(=O)OC)C1c1cccc([N+](=O)[O-])c1. The van der Waals surface area contributed by atoms with Crippen LogP contribution in [0.5, 0.6) is 0 Å². The Hall–Kier alpha value is -3.72. The van der Waals surface area contributed by atoms with Crippen LogP contribution in [0, 0.1) is 10.1 Å². The Morgan fingerprint density at radius 2 is 1.90 bits per heavy atom. The van der Waals surface area contributed by atoms with E-state index in [1.54, 1.807) is 49.2 Å². The van der Waals surface area contributed by atoms with Crippen molar-refractivity contribution in [3.05, 3.63) is 81.5 Å². The largest absolute Gasteiger partial charge is 0.480 e. The van der Waals surface area contributed by atoms with Crippen LogP contribution in [0.2, 0.25) is 0 Å². The molecule has 0 saturated heterocycles. The number of benzene rings is 2. The van der Waals surface area contributed by atoms with Gasteiger partial charge in [-0.05, 0) is 31.0 Å². The molecule has 0 radical (unpaired) electrons. The van der Waals surface area contributed by atoms with Crippen molar-refractivity contribution < 1.29 is 24.4 Å². The monoisotopic (exact) mass is 425 g/mol. The highest BCUT2D eigenvalue weighted by Gasteiger charge is 2.54. The second-order valence-electron chi connectivity index (χ2n) is 7.19. The van der Waals surface area contributed by atoms with E-state index in [0.717, 1.165) is 0 Å². The molecule has 2 N–H and O–H groups in total. The fourth-order valence-electron chi connectivity index (χ4n) is 4.01. The summed E-state index contributed by atoms with van der Waals surface area (Å²) in [6, 6.07) is 14.6. The van der Waals surface area contributed by atoms with Gasteiger partial charge in [-0.25, -0.2) is 10.2 Å². The van der Waals surface area contributed by atoms with Gasteiger partial charge in [0.2, 0.25) is 0 Å². The molecule has 1 aliphatic rings. The van der Waals surface area contributed by atoms with Crippen LogP contribution in [0.3, 0.4) is 0 Å². The molecule has 1 aliphatic heterocycles. The van der Waals surface area contributed by atoms with Crippen LogP contribution in [-0.4, -0.2) is 34.6 Å². The summed E-state index contributed by atoms with van der Waals surface area (Å²) in [7, 11) is 1.22. The number of para-hydroxylation sites is 1. The zero-order chi connectivity index (χ0) is 22.8. The fraction of sp³-hybridized carbons (Fsp3) is 0.273. The molecule has 9 heteroatoms. The lowest BCUT2D eigenvalue weighted by Crippen LogP contribution is -2.65. The molecule has 0 saturated carbocycles. The van der Waals surface area contributed by atoms with E-state index < -0.39 is 28.3 Å². The Labute approximate surface area is 179 Å². The lowest BCUT2D eigenvalue weighted by molar-refractivity contribution is -0.384. The van der Waals surface area contributed by atoms with E-state index in [-0.39, 0.29) is 17.7 Å². The number of carboxylic acid groups (broad SMARTS) is 1. The molecular weight excluding hydrogens is 402 g/mol. The summed E-state index contributed by atoms with van der Waals surface area (Å²) in [4.78, 5) is 36.4. The number of nitro groups is 1. The first-order valence-corrected chi connectivity index (χ1v) is 9.66. The van der Waals surface area contributed by atoms with Crippen LogP contribution < -0.4 is 10.4 Å². The van der Waals surface area contributed by atoms with E-state index in [4.69, 9.17) is 4.74 Å². The maximum absolute atomic E-state index is 12.9. The van der Waals surface area contributed by atoms with Crippen LogP contribution in [0.25, 0.3) is 0 Å². The summed E-state index contributed by atoms with van der Waals surface area (Å²) >= 11 is 0. The summed E-state index contributed by atoms with van der Waals surface area (Å²) < 4.78 is 5.01. The number of allylic oxidation sites excluding steroid dienone is 1. The van der Waals surface area contributed by atoms with Gasteiger partial charge < -0.3 is 9.84 Å². The van der Waals surface area contributed by atoms with Gasteiger partial charge in [0.25, 0.3) is 5.69 Å². The number of hydrazine groups is 1. The lowest BCUT2D eigenvalue weighted by atomic mass is 9.71. The number of ether oxygens (including phenoxy) is 1. The minimum Gasteiger partial charge on any atom is -0.480 e. The third kappa shape index (κ3) is 3.75. The van der Waals surface area contributed by atoms with Gasteiger partial charge >= 0.3 is 11.9 Å². The first kappa shape index (κ1) is 22.0. The molecule has 0 aliphatic carbocycles. The number of nitrogens with one attached hydrogen (secondary N) is 1. The topological polar surface area (TPSA) is 122 Å². The Bertz CT molecular complexity index is 1050. The van der Waals surface area contributed by atoms with E-state index in [0.29, 0.717) is 16.9 Å². The zero-order valence-corrected chi connectivity index (χ0v) is 17.4.